The van der Waals surface area contributed by atoms with E-state index in [4.69, 9.17) is 9.84 Å². The molecule has 0 aromatic carbocycles. The fourth-order valence-corrected chi connectivity index (χ4v) is 0.904. The second-order valence-electron chi connectivity index (χ2n) is 2.98. The van der Waals surface area contributed by atoms with Gasteiger partial charge in [-0.2, -0.15) is 0 Å². The Kier molecular flexibility index (Phi) is 4.40. The van der Waals surface area contributed by atoms with Crippen molar-refractivity contribution >= 4 is 11.9 Å². The van der Waals surface area contributed by atoms with E-state index in [0.29, 0.717) is 0 Å². The summed E-state index contributed by atoms with van der Waals surface area (Å²) in [5, 5.41) is 8.53. The van der Waals surface area contributed by atoms with E-state index in [2.05, 4.69) is 4.74 Å². The Balaban J connectivity index is 4.27. The molecule has 0 bridgehead atoms. The maximum absolute atomic E-state index is 10.9. The SMILES string of the molecule is COC(=O)CC(C)(CC(=O)O)OC. The number of esters is 1. The second kappa shape index (κ2) is 4.81. The molecule has 1 unspecified atom stereocenters. The van der Waals surface area contributed by atoms with E-state index in [1.165, 1.54) is 14.2 Å². The summed E-state index contributed by atoms with van der Waals surface area (Å²) in [6, 6.07) is 0. The average Bonchev–Trinajstić information content (AvgIpc) is 2.02. The zero-order chi connectivity index (χ0) is 10.5. The number of hydrogen-bond donors (Lipinski definition) is 1. The minimum Gasteiger partial charge on any atom is -0.481 e. The van der Waals surface area contributed by atoms with Crippen LogP contribution in [0, 0.1) is 0 Å². The summed E-state index contributed by atoms with van der Waals surface area (Å²) in [5.41, 5.74) is -0.987. The highest BCUT2D eigenvalue weighted by Gasteiger charge is 2.30. The monoisotopic (exact) mass is 190 g/mol. The Bertz CT molecular complexity index is 201. The molecule has 0 saturated heterocycles. The lowest BCUT2D eigenvalue weighted by atomic mass is 9.98. The van der Waals surface area contributed by atoms with Crippen LogP contribution in [0.4, 0.5) is 0 Å². The van der Waals surface area contributed by atoms with E-state index < -0.39 is 17.5 Å². The minimum atomic E-state index is -1.01. The quantitative estimate of drug-likeness (QED) is 0.636. The number of ether oxygens (including phenoxy) is 2. The number of carboxylic acid groups (broad SMARTS) is 1. The standard InChI is InChI=1S/C8H14O5/c1-8(13-3,4-6(9)10)5-7(11)12-2/h4-5H2,1-3H3,(H,9,10). The van der Waals surface area contributed by atoms with Gasteiger partial charge in [0, 0.05) is 7.11 Å². The molecule has 0 aliphatic rings. The Labute approximate surface area is 76.6 Å². The molecular weight excluding hydrogens is 176 g/mol. The predicted molar refractivity (Wildman–Crippen MR) is 44.3 cm³/mol. The Morgan fingerprint density at radius 2 is 1.85 bits per heavy atom. The van der Waals surface area contributed by atoms with Gasteiger partial charge in [0.2, 0.25) is 0 Å². The van der Waals surface area contributed by atoms with Crippen LogP contribution in [0.5, 0.6) is 0 Å². The molecule has 0 aliphatic carbocycles. The first kappa shape index (κ1) is 11.9. The third kappa shape index (κ3) is 4.47. The average molecular weight is 190 g/mol. The molecule has 0 rings (SSSR count). The van der Waals surface area contributed by atoms with Gasteiger partial charge in [0.1, 0.15) is 0 Å². The van der Waals surface area contributed by atoms with Gasteiger partial charge in [0.05, 0.1) is 25.6 Å². The number of carbonyl (C=O) groups is 2. The molecule has 1 N–H and O–H groups in total. The van der Waals surface area contributed by atoms with Gasteiger partial charge < -0.3 is 14.6 Å². The van der Waals surface area contributed by atoms with Crippen molar-refractivity contribution in [1.82, 2.24) is 0 Å². The fourth-order valence-electron chi connectivity index (χ4n) is 0.904. The summed E-state index contributed by atoms with van der Waals surface area (Å²) in [6.07, 6.45) is -0.287. The molecule has 0 radical (unpaired) electrons. The van der Waals surface area contributed by atoms with Crippen molar-refractivity contribution < 1.29 is 24.2 Å². The fraction of sp³-hybridized carbons (Fsp3) is 0.750. The summed E-state index contributed by atoms with van der Waals surface area (Å²) >= 11 is 0. The minimum absolute atomic E-state index is 0.0632. The lowest BCUT2D eigenvalue weighted by molar-refractivity contribution is -0.151. The van der Waals surface area contributed by atoms with Crippen LogP contribution in [0.15, 0.2) is 0 Å². The van der Waals surface area contributed by atoms with E-state index in [9.17, 15) is 9.59 Å². The molecule has 0 aliphatic heterocycles. The second-order valence-corrected chi connectivity index (χ2v) is 2.98. The molecule has 5 heteroatoms. The van der Waals surface area contributed by atoms with Gasteiger partial charge >= 0.3 is 11.9 Å². The van der Waals surface area contributed by atoms with Crippen LogP contribution in [0.25, 0.3) is 0 Å². The summed E-state index contributed by atoms with van der Waals surface area (Å²) in [6.45, 7) is 1.55. The largest absolute Gasteiger partial charge is 0.481 e. The third-order valence-corrected chi connectivity index (χ3v) is 1.76. The summed E-state index contributed by atoms with van der Waals surface area (Å²) in [7, 11) is 2.62. The van der Waals surface area contributed by atoms with E-state index in [1.807, 2.05) is 0 Å². The van der Waals surface area contributed by atoms with Gasteiger partial charge in [-0.25, -0.2) is 0 Å². The van der Waals surface area contributed by atoms with Crippen molar-refractivity contribution in [3.8, 4) is 0 Å². The Hall–Kier alpha value is -1.10. The first-order valence-corrected chi connectivity index (χ1v) is 3.77. The topological polar surface area (TPSA) is 72.8 Å². The van der Waals surface area contributed by atoms with E-state index in [-0.39, 0.29) is 12.8 Å². The van der Waals surface area contributed by atoms with Crippen molar-refractivity contribution in [2.75, 3.05) is 14.2 Å². The predicted octanol–water partition coefficient (Wildman–Crippen LogP) is 0.429. The van der Waals surface area contributed by atoms with E-state index in [0.717, 1.165) is 0 Å². The third-order valence-electron chi connectivity index (χ3n) is 1.76. The van der Waals surface area contributed by atoms with E-state index >= 15 is 0 Å². The number of carboxylic acids is 1. The normalized spacial score (nSPS) is 14.7. The van der Waals surface area contributed by atoms with Crippen molar-refractivity contribution in [2.24, 2.45) is 0 Å². The molecular formula is C8H14O5. The van der Waals surface area contributed by atoms with Crippen LogP contribution < -0.4 is 0 Å². The summed E-state index contributed by atoms with van der Waals surface area (Å²) in [5.74, 6) is -1.49. The van der Waals surface area contributed by atoms with Crippen molar-refractivity contribution in [1.29, 1.82) is 0 Å². The molecule has 0 aromatic rings. The van der Waals surface area contributed by atoms with E-state index in [1.54, 1.807) is 6.92 Å². The van der Waals surface area contributed by atoms with Gasteiger partial charge in [-0.15, -0.1) is 0 Å². The maximum atomic E-state index is 10.9. The molecule has 0 fully saturated rings. The molecule has 76 valence electrons. The van der Waals surface area contributed by atoms with Crippen LogP contribution in [-0.2, 0) is 19.1 Å². The molecule has 1 atom stereocenters. The lowest BCUT2D eigenvalue weighted by Gasteiger charge is -2.24. The van der Waals surface area contributed by atoms with Crippen molar-refractivity contribution in [3.05, 3.63) is 0 Å². The molecule has 13 heavy (non-hydrogen) atoms. The highest BCUT2D eigenvalue weighted by Crippen LogP contribution is 2.19. The molecule has 0 amide bonds. The maximum Gasteiger partial charge on any atom is 0.308 e. The van der Waals surface area contributed by atoms with Gasteiger partial charge in [-0.05, 0) is 6.92 Å². The highest BCUT2D eigenvalue weighted by atomic mass is 16.5. The molecule has 0 spiro atoms. The number of methoxy groups -OCH3 is 2. The molecule has 5 nitrogen and oxygen atoms in total. The van der Waals surface area contributed by atoms with Crippen molar-refractivity contribution in [2.45, 2.75) is 25.4 Å². The Morgan fingerprint density at radius 1 is 1.31 bits per heavy atom. The first-order chi connectivity index (χ1) is 5.93. The van der Waals surface area contributed by atoms with Gasteiger partial charge in [0.15, 0.2) is 0 Å². The lowest BCUT2D eigenvalue weighted by Crippen LogP contribution is -2.33. The number of carbonyl (C=O) groups excluding carboxylic acids is 1. The highest BCUT2D eigenvalue weighted by molar-refractivity contribution is 5.73. The van der Waals surface area contributed by atoms with Gasteiger partial charge in [0.25, 0.3) is 0 Å². The van der Waals surface area contributed by atoms with Crippen LogP contribution >= 0.6 is 0 Å². The Morgan fingerprint density at radius 3 is 2.15 bits per heavy atom. The summed E-state index contributed by atoms with van der Waals surface area (Å²) in [4.78, 5) is 21.3. The molecule has 0 aromatic heterocycles. The van der Waals surface area contributed by atoms with Crippen LogP contribution in [0.2, 0.25) is 0 Å². The zero-order valence-corrected chi connectivity index (χ0v) is 7.99. The smallest absolute Gasteiger partial charge is 0.308 e. The first-order valence-electron chi connectivity index (χ1n) is 3.77. The number of rotatable bonds is 5. The zero-order valence-electron chi connectivity index (χ0n) is 7.99. The number of aliphatic carboxylic acids is 1. The summed E-state index contributed by atoms with van der Waals surface area (Å²) < 4.78 is 9.36. The van der Waals surface area contributed by atoms with Crippen LogP contribution in [0.3, 0.4) is 0 Å². The van der Waals surface area contributed by atoms with Crippen LogP contribution in [0.1, 0.15) is 19.8 Å². The van der Waals surface area contributed by atoms with Gasteiger partial charge in [-0.3, -0.25) is 9.59 Å². The molecule has 0 saturated carbocycles. The molecule has 0 heterocycles. The van der Waals surface area contributed by atoms with Crippen LogP contribution in [-0.4, -0.2) is 36.9 Å². The number of hydrogen-bond acceptors (Lipinski definition) is 4. The van der Waals surface area contributed by atoms with Crippen molar-refractivity contribution in [3.63, 3.8) is 0 Å². The van der Waals surface area contributed by atoms with Gasteiger partial charge in [-0.1, -0.05) is 0 Å².